The van der Waals surface area contributed by atoms with Gasteiger partial charge < -0.3 is 15.4 Å². The Kier molecular flexibility index (Phi) is 6.16. The van der Waals surface area contributed by atoms with Crippen LogP contribution in [0.15, 0.2) is 54.7 Å². The zero-order valence-electron chi connectivity index (χ0n) is 15.7. The molecule has 1 aromatic heterocycles. The molecule has 3 aromatic rings. The van der Waals surface area contributed by atoms with E-state index in [4.69, 9.17) is 4.74 Å². The topological polar surface area (TPSA) is 76.1 Å². The van der Waals surface area contributed by atoms with Crippen molar-refractivity contribution in [3.63, 3.8) is 0 Å². The molecule has 0 atom stereocenters. The van der Waals surface area contributed by atoms with Crippen LogP contribution in [0.25, 0.3) is 0 Å². The lowest BCUT2D eigenvalue weighted by Gasteiger charge is -2.11. The van der Waals surface area contributed by atoms with Gasteiger partial charge in [0.05, 0.1) is 12.8 Å². The summed E-state index contributed by atoms with van der Waals surface area (Å²) in [5.74, 6) is 0.301. The number of halogens is 1. The largest absolute Gasteiger partial charge is 0.495 e. The van der Waals surface area contributed by atoms with Crippen LogP contribution in [0.3, 0.4) is 0 Å². The minimum absolute atomic E-state index is 0.220. The molecular formula is C21H21FN4O2. The zero-order valence-corrected chi connectivity index (χ0v) is 15.7. The van der Waals surface area contributed by atoms with Gasteiger partial charge in [0.15, 0.2) is 0 Å². The molecule has 1 amide bonds. The fourth-order valence-electron chi connectivity index (χ4n) is 2.69. The summed E-state index contributed by atoms with van der Waals surface area (Å²) in [5, 5.41) is 5.82. The lowest BCUT2D eigenvalue weighted by atomic mass is 10.1. The van der Waals surface area contributed by atoms with Gasteiger partial charge in [0, 0.05) is 12.7 Å². The summed E-state index contributed by atoms with van der Waals surface area (Å²) >= 11 is 0. The molecule has 0 radical (unpaired) electrons. The molecule has 144 valence electrons. The summed E-state index contributed by atoms with van der Waals surface area (Å²) in [6, 6.07) is 13.7. The van der Waals surface area contributed by atoms with Gasteiger partial charge in [-0.05, 0) is 48.7 Å². The summed E-state index contributed by atoms with van der Waals surface area (Å²) in [6.45, 7) is 2.27. The van der Waals surface area contributed by atoms with Crippen LogP contribution >= 0.6 is 0 Å². The van der Waals surface area contributed by atoms with Crippen LogP contribution in [-0.2, 0) is 6.42 Å². The van der Waals surface area contributed by atoms with Crippen LogP contribution in [0.2, 0.25) is 0 Å². The van der Waals surface area contributed by atoms with E-state index in [1.54, 1.807) is 25.3 Å². The maximum absolute atomic E-state index is 13.6. The summed E-state index contributed by atoms with van der Waals surface area (Å²) in [5.41, 5.74) is 2.53. The Balaban J connectivity index is 1.65. The number of carbonyl (C=O) groups is 1. The third-order valence-electron chi connectivity index (χ3n) is 4.13. The van der Waals surface area contributed by atoms with Gasteiger partial charge in [-0.2, -0.15) is 0 Å². The third kappa shape index (κ3) is 4.82. The average molecular weight is 380 g/mol. The van der Waals surface area contributed by atoms with Crippen molar-refractivity contribution in [2.75, 3.05) is 19.0 Å². The highest BCUT2D eigenvalue weighted by Crippen LogP contribution is 2.27. The van der Waals surface area contributed by atoms with Crippen molar-refractivity contribution in [3.8, 4) is 5.75 Å². The number of hydrogen-bond donors (Lipinski definition) is 2. The smallest absolute Gasteiger partial charge is 0.270 e. The van der Waals surface area contributed by atoms with Crippen LogP contribution in [0.4, 0.5) is 16.0 Å². The number of hydrogen-bond acceptors (Lipinski definition) is 5. The second-order valence-electron chi connectivity index (χ2n) is 6.19. The predicted molar refractivity (Wildman–Crippen MR) is 105 cm³/mol. The molecule has 0 bridgehead atoms. The number of rotatable bonds is 7. The van der Waals surface area contributed by atoms with Crippen LogP contribution in [0.1, 0.15) is 21.6 Å². The summed E-state index contributed by atoms with van der Waals surface area (Å²) < 4.78 is 19.0. The standard InChI is InChI=1S/C21H21FN4O2/c1-14-7-8-19(28-2)18(13-14)26-21-24-12-10-17(25-21)20(27)23-11-9-15-5-3-4-6-16(15)22/h3-8,10,12-13H,9,11H2,1-2H3,(H,23,27)(H,24,25,26). The van der Waals surface area contributed by atoms with E-state index in [1.807, 2.05) is 25.1 Å². The second kappa shape index (κ2) is 8.94. The van der Waals surface area contributed by atoms with E-state index in [0.717, 1.165) is 5.56 Å². The fourth-order valence-corrected chi connectivity index (χ4v) is 2.69. The quantitative estimate of drug-likeness (QED) is 0.654. The Labute approximate surface area is 162 Å². The molecule has 0 aliphatic heterocycles. The molecule has 2 aromatic carbocycles. The monoisotopic (exact) mass is 380 g/mol. The highest BCUT2D eigenvalue weighted by atomic mass is 19.1. The number of anilines is 2. The molecule has 0 saturated heterocycles. The van der Waals surface area contributed by atoms with Crippen LogP contribution in [0, 0.1) is 12.7 Å². The molecule has 0 aliphatic carbocycles. The van der Waals surface area contributed by atoms with Crippen molar-refractivity contribution in [2.45, 2.75) is 13.3 Å². The van der Waals surface area contributed by atoms with E-state index >= 15 is 0 Å². The molecule has 0 fully saturated rings. The number of carbonyl (C=O) groups excluding carboxylic acids is 1. The van der Waals surface area contributed by atoms with Gasteiger partial charge in [0.25, 0.3) is 5.91 Å². The van der Waals surface area contributed by atoms with E-state index in [-0.39, 0.29) is 23.4 Å². The van der Waals surface area contributed by atoms with E-state index in [1.165, 1.54) is 18.3 Å². The van der Waals surface area contributed by atoms with Crippen LogP contribution in [-0.4, -0.2) is 29.5 Å². The van der Waals surface area contributed by atoms with Crippen molar-refractivity contribution < 1.29 is 13.9 Å². The van der Waals surface area contributed by atoms with Crippen LogP contribution in [0.5, 0.6) is 5.75 Å². The molecule has 7 heteroatoms. The van der Waals surface area contributed by atoms with Gasteiger partial charge in [-0.3, -0.25) is 4.79 Å². The number of methoxy groups -OCH3 is 1. The Hall–Kier alpha value is -3.48. The SMILES string of the molecule is COc1ccc(C)cc1Nc1nccc(C(=O)NCCc2ccccc2F)n1. The zero-order chi connectivity index (χ0) is 19.9. The van der Waals surface area contributed by atoms with E-state index < -0.39 is 0 Å². The maximum Gasteiger partial charge on any atom is 0.270 e. The van der Waals surface area contributed by atoms with Gasteiger partial charge in [-0.15, -0.1) is 0 Å². The molecule has 0 aliphatic rings. The van der Waals surface area contributed by atoms with E-state index in [0.29, 0.717) is 30.0 Å². The normalized spacial score (nSPS) is 10.4. The summed E-state index contributed by atoms with van der Waals surface area (Å²) in [4.78, 5) is 20.8. The minimum atomic E-state index is -0.349. The molecular weight excluding hydrogens is 359 g/mol. The molecule has 2 N–H and O–H groups in total. The third-order valence-corrected chi connectivity index (χ3v) is 4.13. The summed E-state index contributed by atoms with van der Waals surface area (Å²) in [6.07, 6.45) is 1.90. The number of benzene rings is 2. The van der Waals surface area contributed by atoms with Gasteiger partial charge in [-0.25, -0.2) is 14.4 Å². The van der Waals surface area contributed by atoms with Gasteiger partial charge in [0.1, 0.15) is 17.3 Å². The molecule has 0 spiro atoms. The Morgan fingerprint density at radius 1 is 1.18 bits per heavy atom. The van der Waals surface area contributed by atoms with E-state index in [2.05, 4.69) is 20.6 Å². The van der Waals surface area contributed by atoms with Gasteiger partial charge >= 0.3 is 0 Å². The predicted octanol–water partition coefficient (Wildman–Crippen LogP) is 3.65. The minimum Gasteiger partial charge on any atom is -0.495 e. The Bertz CT molecular complexity index is 978. The number of nitrogens with zero attached hydrogens (tertiary/aromatic N) is 2. The fraction of sp³-hybridized carbons (Fsp3) is 0.190. The number of nitrogens with one attached hydrogen (secondary N) is 2. The van der Waals surface area contributed by atoms with Crippen molar-refractivity contribution in [1.29, 1.82) is 0 Å². The first kappa shape index (κ1) is 19.3. The molecule has 6 nitrogen and oxygen atoms in total. The van der Waals surface area contributed by atoms with E-state index in [9.17, 15) is 9.18 Å². The average Bonchev–Trinajstić information content (AvgIpc) is 2.70. The molecule has 3 rings (SSSR count). The molecule has 28 heavy (non-hydrogen) atoms. The highest BCUT2D eigenvalue weighted by molar-refractivity contribution is 5.92. The first-order valence-corrected chi connectivity index (χ1v) is 8.83. The maximum atomic E-state index is 13.6. The molecule has 0 saturated carbocycles. The van der Waals surface area contributed by atoms with Crippen molar-refractivity contribution in [1.82, 2.24) is 15.3 Å². The van der Waals surface area contributed by atoms with Crippen molar-refractivity contribution in [3.05, 3.63) is 77.4 Å². The van der Waals surface area contributed by atoms with Crippen molar-refractivity contribution in [2.24, 2.45) is 0 Å². The number of ether oxygens (including phenoxy) is 1. The number of aromatic nitrogens is 2. The highest BCUT2D eigenvalue weighted by Gasteiger charge is 2.11. The van der Waals surface area contributed by atoms with Crippen LogP contribution < -0.4 is 15.4 Å². The summed E-state index contributed by atoms with van der Waals surface area (Å²) in [7, 11) is 1.58. The number of aryl methyl sites for hydroxylation is 1. The first-order chi connectivity index (χ1) is 13.6. The number of amides is 1. The molecule has 1 heterocycles. The Morgan fingerprint density at radius 3 is 2.79 bits per heavy atom. The lowest BCUT2D eigenvalue weighted by Crippen LogP contribution is -2.27. The molecule has 0 unspecified atom stereocenters. The van der Waals surface area contributed by atoms with Crippen molar-refractivity contribution >= 4 is 17.5 Å². The van der Waals surface area contributed by atoms with Gasteiger partial charge in [0.2, 0.25) is 5.95 Å². The second-order valence-corrected chi connectivity index (χ2v) is 6.19. The Morgan fingerprint density at radius 2 is 2.00 bits per heavy atom. The van der Waals surface area contributed by atoms with Gasteiger partial charge in [-0.1, -0.05) is 24.3 Å². The first-order valence-electron chi connectivity index (χ1n) is 8.83. The lowest BCUT2D eigenvalue weighted by molar-refractivity contribution is 0.0949.